The van der Waals surface area contributed by atoms with Crippen LogP contribution >= 0.6 is 34.8 Å². The van der Waals surface area contributed by atoms with Crippen molar-refractivity contribution in [1.29, 1.82) is 0 Å². The van der Waals surface area contributed by atoms with E-state index in [-0.39, 0.29) is 12.6 Å². The van der Waals surface area contributed by atoms with E-state index in [4.69, 9.17) is 39.5 Å². The number of ether oxygens (including phenoxy) is 1. The van der Waals surface area contributed by atoms with Gasteiger partial charge >= 0.3 is 5.97 Å². The predicted molar refractivity (Wildman–Crippen MR) is 50.7 cm³/mol. The largest absolute Gasteiger partial charge is 0.461 e. The molecule has 2 nitrogen and oxygen atoms in total. The molecule has 0 unspecified atom stereocenters. The molecular formula is C7H11Cl3O2. The van der Waals surface area contributed by atoms with Crippen LogP contribution in [0.4, 0.5) is 0 Å². The van der Waals surface area contributed by atoms with Crippen molar-refractivity contribution in [2.75, 3.05) is 6.61 Å². The molecule has 0 aromatic heterocycles. The summed E-state index contributed by atoms with van der Waals surface area (Å²) in [5, 5.41) is 0. The quantitative estimate of drug-likeness (QED) is 0.514. The van der Waals surface area contributed by atoms with Gasteiger partial charge in [0.15, 0.2) is 0 Å². The fraction of sp³-hybridized carbons (Fsp3) is 0.857. The third-order valence-electron chi connectivity index (χ3n) is 0.979. The molecule has 5 heteroatoms. The standard InChI is InChI=1S/C7H11Cl3O2/c1-6(2,3)5(11)12-4-7(8,9)10/h4H2,1-3H3. The molecule has 0 aromatic carbocycles. The number of rotatable bonds is 1. The molecule has 0 spiro atoms. The van der Waals surface area contributed by atoms with Crippen molar-refractivity contribution in [2.24, 2.45) is 5.41 Å². The average molecular weight is 234 g/mol. The summed E-state index contributed by atoms with van der Waals surface area (Å²) in [4.78, 5) is 11.1. The molecule has 12 heavy (non-hydrogen) atoms. The molecule has 0 saturated heterocycles. The number of carbonyl (C=O) groups is 1. The smallest absolute Gasteiger partial charge is 0.311 e. The van der Waals surface area contributed by atoms with Gasteiger partial charge in [0.05, 0.1) is 5.41 Å². The Morgan fingerprint density at radius 2 is 1.67 bits per heavy atom. The normalized spacial score (nSPS) is 12.8. The Morgan fingerprint density at radius 1 is 1.25 bits per heavy atom. The highest BCUT2D eigenvalue weighted by atomic mass is 35.6. The van der Waals surface area contributed by atoms with Crippen LogP contribution in [0.3, 0.4) is 0 Å². The summed E-state index contributed by atoms with van der Waals surface area (Å²) in [6.07, 6.45) is 0. The van der Waals surface area contributed by atoms with E-state index in [1.54, 1.807) is 20.8 Å². The molecule has 0 bridgehead atoms. The van der Waals surface area contributed by atoms with E-state index in [9.17, 15) is 4.79 Å². The molecule has 0 radical (unpaired) electrons. The lowest BCUT2D eigenvalue weighted by Crippen LogP contribution is -2.26. The average Bonchev–Trinajstić information content (AvgIpc) is 1.78. The maximum absolute atomic E-state index is 11.1. The molecule has 0 aliphatic heterocycles. The lowest BCUT2D eigenvalue weighted by Gasteiger charge is -2.18. The minimum Gasteiger partial charge on any atom is -0.461 e. The zero-order valence-corrected chi connectivity index (χ0v) is 9.43. The van der Waals surface area contributed by atoms with Crippen LogP contribution in [0, 0.1) is 5.41 Å². The minimum atomic E-state index is -1.53. The molecular weight excluding hydrogens is 222 g/mol. The molecule has 72 valence electrons. The second-order valence-electron chi connectivity index (χ2n) is 3.44. The van der Waals surface area contributed by atoms with Crippen molar-refractivity contribution in [1.82, 2.24) is 0 Å². The van der Waals surface area contributed by atoms with Crippen LogP contribution in [0.25, 0.3) is 0 Å². The van der Waals surface area contributed by atoms with Gasteiger partial charge in [-0.25, -0.2) is 0 Å². The number of alkyl halides is 3. The highest BCUT2D eigenvalue weighted by Crippen LogP contribution is 2.27. The highest BCUT2D eigenvalue weighted by Gasteiger charge is 2.27. The van der Waals surface area contributed by atoms with Crippen molar-refractivity contribution in [2.45, 2.75) is 24.6 Å². The van der Waals surface area contributed by atoms with Gasteiger partial charge < -0.3 is 4.74 Å². The maximum atomic E-state index is 11.1. The Labute approximate surface area is 87.1 Å². The molecule has 0 atom stereocenters. The van der Waals surface area contributed by atoms with Gasteiger partial charge in [0.1, 0.15) is 6.61 Å². The number of carbonyl (C=O) groups excluding carboxylic acids is 1. The van der Waals surface area contributed by atoms with Gasteiger partial charge in [-0.3, -0.25) is 4.79 Å². The van der Waals surface area contributed by atoms with E-state index in [1.165, 1.54) is 0 Å². The lowest BCUT2D eigenvalue weighted by molar-refractivity contribution is -0.152. The second kappa shape index (κ2) is 4.03. The van der Waals surface area contributed by atoms with E-state index in [0.717, 1.165) is 0 Å². The van der Waals surface area contributed by atoms with Crippen molar-refractivity contribution in [3.8, 4) is 0 Å². The molecule has 0 aliphatic carbocycles. The Morgan fingerprint density at radius 3 is 1.92 bits per heavy atom. The van der Waals surface area contributed by atoms with Crippen molar-refractivity contribution in [3.63, 3.8) is 0 Å². The zero-order chi connectivity index (χ0) is 9.99. The lowest BCUT2D eigenvalue weighted by atomic mass is 9.97. The van der Waals surface area contributed by atoms with Gasteiger partial charge in [-0.1, -0.05) is 34.8 Å². The summed E-state index contributed by atoms with van der Waals surface area (Å²) < 4.78 is 3.21. The van der Waals surface area contributed by atoms with Gasteiger partial charge in [0.25, 0.3) is 0 Å². The maximum Gasteiger partial charge on any atom is 0.311 e. The van der Waals surface area contributed by atoms with Gasteiger partial charge in [-0.05, 0) is 20.8 Å². The van der Waals surface area contributed by atoms with Gasteiger partial charge in [-0.2, -0.15) is 0 Å². The molecule has 0 amide bonds. The molecule has 0 aromatic rings. The van der Waals surface area contributed by atoms with Crippen molar-refractivity contribution < 1.29 is 9.53 Å². The van der Waals surface area contributed by atoms with Crippen molar-refractivity contribution in [3.05, 3.63) is 0 Å². The van der Waals surface area contributed by atoms with Crippen LogP contribution in [0.5, 0.6) is 0 Å². The molecule has 0 N–H and O–H groups in total. The highest BCUT2D eigenvalue weighted by molar-refractivity contribution is 6.67. The van der Waals surface area contributed by atoms with Crippen LogP contribution in [0.2, 0.25) is 0 Å². The van der Waals surface area contributed by atoms with Crippen molar-refractivity contribution >= 4 is 40.8 Å². The third kappa shape index (κ3) is 5.92. The van der Waals surface area contributed by atoms with Gasteiger partial charge in [-0.15, -0.1) is 0 Å². The Kier molecular flexibility index (Phi) is 4.15. The fourth-order valence-electron chi connectivity index (χ4n) is 0.364. The first-order valence-corrected chi connectivity index (χ1v) is 4.50. The minimum absolute atomic E-state index is 0.215. The Balaban J connectivity index is 3.90. The van der Waals surface area contributed by atoms with Crippen LogP contribution in [0.15, 0.2) is 0 Å². The number of esters is 1. The molecule has 0 saturated carbocycles. The SMILES string of the molecule is CC(C)(C)C(=O)OCC(Cl)(Cl)Cl. The summed E-state index contributed by atoms with van der Waals surface area (Å²) in [7, 11) is 0. The van der Waals surface area contributed by atoms with Crippen LogP contribution in [-0.4, -0.2) is 16.4 Å². The summed E-state index contributed by atoms with van der Waals surface area (Å²) >= 11 is 16.1. The van der Waals surface area contributed by atoms with Crippen LogP contribution in [-0.2, 0) is 9.53 Å². The van der Waals surface area contributed by atoms with E-state index >= 15 is 0 Å². The third-order valence-corrected chi connectivity index (χ3v) is 1.31. The van der Waals surface area contributed by atoms with Crippen LogP contribution in [0.1, 0.15) is 20.8 Å². The molecule has 0 rings (SSSR count). The first kappa shape index (κ1) is 12.3. The number of hydrogen-bond donors (Lipinski definition) is 0. The molecule has 0 fully saturated rings. The Bertz CT molecular complexity index is 166. The summed E-state index contributed by atoms with van der Waals surface area (Å²) in [6.45, 7) is 4.98. The first-order valence-electron chi connectivity index (χ1n) is 3.37. The molecule has 0 aliphatic rings. The van der Waals surface area contributed by atoms with E-state index in [1.807, 2.05) is 0 Å². The predicted octanol–water partition coefficient (Wildman–Crippen LogP) is 2.95. The van der Waals surface area contributed by atoms with E-state index < -0.39 is 9.21 Å². The fourth-order valence-corrected chi connectivity index (χ4v) is 0.528. The van der Waals surface area contributed by atoms with E-state index in [0.29, 0.717) is 0 Å². The van der Waals surface area contributed by atoms with Crippen LogP contribution < -0.4 is 0 Å². The second-order valence-corrected chi connectivity index (χ2v) is 5.96. The van der Waals surface area contributed by atoms with Gasteiger partial charge in [0.2, 0.25) is 3.79 Å². The Hall–Kier alpha value is 0.340. The summed E-state index contributed by atoms with van der Waals surface area (Å²) in [6, 6.07) is 0. The topological polar surface area (TPSA) is 26.3 Å². The van der Waals surface area contributed by atoms with E-state index in [2.05, 4.69) is 0 Å². The van der Waals surface area contributed by atoms with Gasteiger partial charge in [0, 0.05) is 0 Å². The number of hydrogen-bond acceptors (Lipinski definition) is 2. The monoisotopic (exact) mass is 232 g/mol. The first-order chi connectivity index (χ1) is 5.13. The molecule has 0 heterocycles. The zero-order valence-electron chi connectivity index (χ0n) is 7.16. The number of halogens is 3. The summed E-state index contributed by atoms with van der Waals surface area (Å²) in [5.74, 6) is -0.381. The summed E-state index contributed by atoms with van der Waals surface area (Å²) in [5.41, 5.74) is -0.560.